The molecule has 1 atom stereocenters. The average Bonchev–Trinajstić information content (AvgIpc) is 3.04. The Hall–Kier alpha value is -2.34. The van der Waals surface area contributed by atoms with Crippen LogP contribution in [0.3, 0.4) is 0 Å². The van der Waals surface area contributed by atoms with Gasteiger partial charge in [-0.2, -0.15) is 0 Å². The van der Waals surface area contributed by atoms with Crippen LogP contribution < -0.4 is 14.2 Å². The third-order valence-electron chi connectivity index (χ3n) is 4.08. The van der Waals surface area contributed by atoms with E-state index >= 15 is 0 Å². The van der Waals surface area contributed by atoms with Crippen LogP contribution in [-0.2, 0) is 4.79 Å². The Morgan fingerprint density at radius 2 is 1.85 bits per heavy atom. The van der Waals surface area contributed by atoms with E-state index in [-0.39, 0.29) is 11.3 Å². The lowest BCUT2D eigenvalue weighted by molar-refractivity contribution is -0.128. The molecular weight excluding hydrogens is 350 g/mol. The van der Waals surface area contributed by atoms with E-state index in [1.165, 1.54) is 0 Å². The number of thioether (sulfide) groups is 1. The Morgan fingerprint density at radius 3 is 2.58 bits per heavy atom. The van der Waals surface area contributed by atoms with Crippen molar-refractivity contribution in [3.8, 4) is 17.2 Å². The number of hydrogen-bond donors (Lipinski definition) is 0. The lowest BCUT2D eigenvalue weighted by Crippen LogP contribution is -2.32. The Labute approximate surface area is 158 Å². The number of hydrogen-bond acceptors (Lipinski definition) is 5. The normalized spacial score (nSPS) is 16.6. The van der Waals surface area contributed by atoms with Gasteiger partial charge in [0.05, 0.1) is 26.0 Å². The highest BCUT2D eigenvalue weighted by molar-refractivity contribution is 8.00. The van der Waals surface area contributed by atoms with Gasteiger partial charge in [0.15, 0.2) is 0 Å². The molecule has 1 amide bonds. The number of ether oxygens (including phenoxy) is 3. The van der Waals surface area contributed by atoms with Gasteiger partial charge in [-0.1, -0.05) is 12.1 Å². The zero-order valence-corrected chi connectivity index (χ0v) is 15.8. The van der Waals surface area contributed by atoms with Gasteiger partial charge >= 0.3 is 0 Å². The van der Waals surface area contributed by atoms with Crippen LogP contribution in [0.25, 0.3) is 0 Å². The quantitative estimate of drug-likeness (QED) is 0.705. The number of amides is 1. The highest BCUT2D eigenvalue weighted by atomic mass is 32.2. The first-order valence-corrected chi connectivity index (χ1v) is 9.67. The molecule has 0 saturated carbocycles. The number of carbonyl (C=O) groups excluding carboxylic acids is 1. The summed E-state index contributed by atoms with van der Waals surface area (Å²) in [5.74, 6) is 3.02. The molecule has 0 bridgehead atoms. The van der Waals surface area contributed by atoms with Crippen molar-refractivity contribution < 1.29 is 19.0 Å². The molecule has 0 N–H and O–H groups in total. The smallest absolute Gasteiger partial charge is 0.233 e. The van der Waals surface area contributed by atoms with Gasteiger partial charge < -0.3 is 19.1 Å². The Kier molecular flexibility index (Phi) is 6.28. The summed E-state index contributed by atoms with van der Waals surface area (Å²) in [6.45, 7) is 3.57. The molecule has 26 heavy (non-hydrogen) atoms. The molecule has 1 saturated heterocycles. The maximum Gasteiger partial charge on any atom is 0.233 e. The summed E-state index contributed by atoms with van der Waals surface area (Å²) in [5, 5.41) is 0.00220. The Balaban J connectivity index is 1.61. The molecule has 3 rings (SSSR count). The van der Waals surface area contributed by atoms with Crippen molar-refractivity contribution in [3.63, 3.8) is 0 Å². The van der Waals surface area contributed by atoms with Crippen LogP contribution in [0, 0.1) is 0 Å². The summed E-state index contributed by atoms with van der Waals surface area (Å²) >= 11 is 1.64. The molecule has 0 spiro atoms. The number of rotatable bonds is 8. The lowest BCUT2D eigenvalue weighted by Gasteiger charge is -2.24. The fraction of sp³-hybridized carbons (Fsp3) is 0.350. The van der Waals surface area contributed by atoms with Gasteiger partial charge in [-0.25, -0.2) is 0 Å². The van der Waals surface area contributed by atoms with Gasteiger partial charge in [0, 0.05) is 0 Å². The number of nitrogens with zero attached hydrogens (tertiary/aromatic N) is 1. The highest BCUT2D eigenvalue weighted by Gasteiger charge is 2.32. The van der Waals surface area contributed by atoms with Crippen molar-refractivity contribution in [3.05, 3.63) is 54.1 Å². The fourth-order valence-corrected chi connectivity index (χ4v) is 4.04. The maximum absolute atomic E-state index is 12.3. The summed E-state index contributed by atoms with van der Waals surface area (Å²) in [6.07, 6.45) is 0. The summed E-state index contributed by atoms with van der Waals surface area (Å²) in [4.78, 5) is 14.2. The van der Waals surface area contributed by atoms with E-state index in [1.54, 1.807) is 18.9 Å². The van der Waals surface area contributed by atoms with Gasteiger partial charge in [0.1, 0.15) is 29.2 Å². The van der Waals surface area contributed by atoms with Crippen molar-refractivity contribution in [2.75, 3.05) is 32.6 Å². The van der Waals surface area contributed by atoms with E-state index in [2.05, 4.69) is 0 Å². The van der Waals surface area contributed by atoms with E-state index in [4.69, 9.17) is 14.2 Å². The van der Waals surface area contributed by atoms with Crippen molar-refractivity contribution in [1.82, 2.24) is 4.90 Å². The molecule has 1 heterocycles. The molecule has 138 valence electrons. The van der Waals surface area contributed by atoms with E-state index in [1.807, 2.05) is 60.4 Å². The van der Waals surface area contributed by atoms with Crippen molar-refractivity contribution in [1.29, 1.82) is 0 Å². The average molecular weight is 373 g/mol. The van der Waals surface area contributed by atoms with E-state index < -0.39 is 0 Å². The second-order valence-electron chi connectivity index (χ2n) is 5.78. The topological polar surface area (TPSA) is 48.0 Å². The minimum absolute atomic E-state index is 0.00220. The van der Waals surface area contributed by atoms with Crippen molar-refractivity contribution in [2.45, 2.75) is 12.3 Å². The van der Waals surface area contributed by atoms with Crippen molar-refractivity contribution >= 4 is 17.7 Å². The van der Waals surface area contributed by atoms with Crippen LogP contribution >= 0.6 is 11.8 Å². The highest BCUT2D eigenvalue weighted by Crippen LogP contribution is 2.39. The van der Waals surface area contributed by atoms with E-state index in [9.17, 15) is 4.79 Å². The van der Waals surface area contributed by atoms with E-state index in [0.29, 0.717) is 25.5 Å². The van der Waals surface area contributed by atoms with Gasteiger partial charge in [0.2, 0.25) is 5.91 Å². The molecule has 5 nitrogen and oxygen atoms in total. The zero-order chi connectivity index (χ0) is 18.4. The third-order valence-corrected chi connectivity index (χ3v) is 5.34. The van der Waals surface area contributed by atoms with Gasteiger partial charge in [-0.3, -0.25) is 4.79 Å². The number of methoxy groups -OCH3 is 1. The zero-order valence-electron chi connectivity index (χ0n) is 15.0. The minimum atomic E-state index is 0.00220. The largest absolute Gasteiger partial charge is 0.497 e. The fourth-order valence-electron chi connectivity index (χ4n) is 2.83. The molecule has 0 radical (unpaired) electrons. The first-order valence-electron chi connectivity index (χ1n) is 8.62. The predicted molar refractivity (Wildman–Crippen MR) is 103 cm³/mol. The third kappa shape index (κ3) is 4.43. The summed E-state index contributed by atoms with van der Waals surface area (Å²) in [5.41, 5.74) is 1.08. The van der Waals surface area contributed by atoms with E-state index in [0.717, 1.165) is 22.8 Å². The SMILES string of the molecule is CCOc1cccc(C2SCC(=O)N2CCOc2ccc(OC)cc2)c1. The maximum atomic E-state index is 12.3. The van der Waals surface area contributed by atoms with Crippen LogP contribution in [0.2, 0.25) is 0 Å². The molecule has 6 heteroatoms. The molecule has 1 aliphatic rings. The standard InChI is InChI=1S/C20H23NO4S/c1-3-24-18-6-4-5-15(13-18)20-21(19(22)14-26-20)11-12-25-17-9-7-16(23-2)8-10-17/h4-10,13,20H,3,11-12,14H2,1-2H3. The van der Waals surface area contributed by atoms with Gasteiger partial charge in [0.25, 0.3) is 0 Å². The lowest BCUT2D eigenvalue weighted by atomic mass is 10.2. The van der Waals surface area contributed by atoms with Crippen LogP contribution in [0.5, 0.6) is 17.2 Å². The molecule has 2 aromatic rings. The first kappa shape index (κ1) is 18.5. The second-order valence-corrected chi connectivity index (χ2v) is 6.85. The van der Waals surface area contributed by atoms with Crippen LogP contribution in [0.1, 0.15) is 17.9 Å². The first-order chi connectivity index (χ1) is 12.7. The molecule has 2 aromatic carbocycles. The van der Waals surface area contributed by atoms with Crippen LogP contribution in [0.4, 0.5) is 0 Å². The summed E-state index contributed by atoms with van der Waals surface area (Å²) in [7, 11) is 1.63. The molecule has 1 aliphatic heterocycles. The number of carbonyl (C=O) groups is 1. The number of benzene rings is 2. The molecule has 1 fully saturated rings. The predicted octanol–water partition coefficient (Wildman–Crippen LogP) is 3.75. The van der Waals surface area contributed by atoms with Gasteiger partial charge in [-0.05, 0) is 48.9 Å². The monoisotopic (exact) mass is 373 g/mol. The molecule has 1 unspecified atom stereocenters. The summed E-state index contributed by atoms with van der Waals surface area (Å²) in [6, 6.07) is 15.4. The van der Waals surface area contributed by atoms with Gasteiger partial charge in [-0.15, -0.1) is 11.8 Å². The Bertz CT molecular complexity index is 735. The molecule has 0 aliphatic carbocycles. The second kappa shape index (κ2) is 8.85. The molecular formula is C20H23NO4S. The Morgan fingerprint density at radius 1 is 1.08 bits per heavy atom. The van der Waals surface area contributed by atoms with Crippen LogP contribution in [0.15, 0.2) is 48.5 Å². The summed E-state index contributed by atoms with van der Waals surface area (Å²) < 4.78 is 16.5. The minimum Gasteiger partial charge on any atom is -0.497 e. The molecule has 0 aromatic heterocycles. The van der Waals surface area contributed by atoms with Crippen molar-refractivity contribution in [2.24, 2.45) is 0 Å². The van der Waals surface area contributed by atoms with Crippen LogP contribution in [-0.4, -0.2) is 43.4 Å².